The molecule has 26 heavy (non-hydrogen) atoms. The molecule has 0 heterocycles. The molecule has 2 saturated carbocycles. The van der Waals surface area contributed by atoms with Crippen LogP contribution in [0.1, 0.15) is 49.7 Å². The van der Waals surface area contributed by atoms with Gasteiger partial charge >= 0.3 is 10.3 Å². The van der Waals surface area contributed by atoms with Crippen LogP contribution in [0.25, 0.3) is 0 Å². The molecule has 0 radical (unpaired) electrons. The van der Waals surface area contributed by atoms with Gasteiger partial charge in [-0.15, -0.1) is 0 Å². The van der Waals surface area contributed by atoms with E-state index in [1.165, 1.54) is 5.56 Å². The minimum Gasteiger partial charge on any atom is -0.381 e. The zero-order chi connectivity index (χ0) is 18.7. The number of hydrogen-bond acceptors (Lipinski definition) is 5. The second-order valence-corrected chi connectivity index (χ2v) is 9.28. The number of methoxy groups -OCH3 is 1. The van der Waals surface area contributed by atoms with Crippen LogP contribution in [-0.2, 0) is 26.3 Å². The first-order valence-electron chi connectivity index (χ1n) is 9.14. The minimum absolute atomic E-state index is 0.00707. The molecule has 6 nitrogen and oxygen atoms in total. The molecule has 0 bridgehead atoms. The van der Waals surface area contributed by atoms with Crippen LogP contribution in [-0.4, -0.2) is 27.4 Å². The third kappa shape index (κ3) is 2.77. The lowest BCUT2D eigenvalue weighted by Crippen LogP contribution is -2.49. The second kappa shape index (κ2) is 6.04. The molecule has 1 aromatic rings. The van der Waals surface area contributed by atoms with Crippen molar-refractivity contribution in [2.24, 2.45) is 22.4 Å². The minimum atomic E-state index is -4.03. The average Bonchev–Trinajstić information content (AvgIpc) is 2.87. The summed E-state index contributed by atoms with van der Waals surface area (Å²) in [6.07, 6.45) is 4.21. The van der Waals surface area contributed by atoms with Gasteiger partial charge in [0.2, 0.25) is 0 Å². The topological polar surface area (TPSA) is 95.7 Å². The number of ether oxygens (including phenoxy) is 1. The molecule has 0 spiro atoms. The Balaban J connectivity index is 1.72. The predicted octanol–water partition coefficient (Wildman–Crippen LogP) is 2.32. The Labute approximate surface area is 154 Å². The van der Waals surface area contributed by atoms with Crippen molar-refractivity contribution >= 4 is 16.1 Å². The van der Waals surface area contributed by atoms with Gasteiger partial charge in [-0.1, -0.05) is 13.0 Å². The summed E-state index contributed by atoms with van der Waals surface area (Å²) in [5, 5.41) is 4.98. The van der Waals surface area contributed by atoms with Crippen molar-refractivity contribution in [2.75, 3.05) is 7.11 Å². The molecule has 0 aliphatic heterocycles. The number of fused-ring (bicyclic) bond motifs is 5. The first-order valence-corrected chi connectivity index (χ1v) is 10.6. The second-order valence-electron chi connectivity index (χ2n) is 8.13. The van der Waals surface area contributed by atoms with E-state index in [-0.39, 0.29) is 23.2 Å². The zero-order valence-corrected chi connectivity index (χ0v) is 15.9. The highest BCUT2D eigenvalue weighted by Crippen LogP contribution is 2.60. The molecule has 5 atom stereocenters. The van der Waals surface area contributed by atoms with Gasteiger partial charge in [0.25, 0.3) is 0 Å². The molecule has 2 fully saturated rings. The molecule has 0 aromatic heterocycles. The fourth-order valence-corrected chi connectivity index (χ4v) is 6.17. The van der Waals surface area contributed by atoms with E-state index in [0.29, 0.717) is 24.0 Å². The van der Waals surface area contributed by atoms with Crippen molar-refractivity contribution in [3.05, 3.63) is 29.3 Å². The lowest BCUT2D eigenvalue weighted by Gasteiger charge is -2.51. The highest BCUT2D eigenvalue weighted by molar-refractivity contribution is 7.84. The molecule has 4 rings (SSSR count). The molecule has 0 amide bonds. The summed E-state index contributed by atoms with van der Waals surface area (Å²) < 4.78 is 33.1. The largest absolute Gasteiger partial charge is 0.381 e. The van der Waals surface area contributed by atoms with Crippen molar-refractivity contribution in [1.82, 2.24) is 0 Å². The molecule has 0 saturated heterocycles. The normalized spacial score (nSPS) is 36.2. The number of nitrogens with two attached hydrogens (primary N) is 1. The van der Waals surface area contributed by atoms with Gasteiger partial charge in [0.1, 0.15) is 11.5 Å². The SMILES string of the molecule is CO[C@H]1C[C@]2(C)C(=O)CCC2C2CCc3cc(OS(N)(=O)=O)ccc3C21. The number of hydrogen-bond donors (Lipinski definition) is 1. The van der Waals surface area contributed by atoms with Crippen LogP contribution >= 0.6 is 0 Å². The summed E-state index contributed by atoms with van der Waals surface area (Å²) >= 11 is 0. The van der Waals surface area contributed by atoms with E-state index < -0.39 is 10.3 Å². The van der Waals surface area contributed by atoms with Crippen molar-refractivity contribution < 1.29 is 22.1 Å². The smallest absolute Gasteiger partial charge is 0.380 e. The van der Waals surface area contributed by atoms with Gasteiger partial charge in [0.05, 0.1) is 6.10 Å². The van der Waals surface area contributed by atoms with Gasteiger partial charge in [0, 0.05) is 24.9 Å². The van der Waals surface area contributed by atoms with Crippen LogP contribution in [0.3, 0.4) is 0 Å². The van der Waals surface area contributed by atoms with E-state index >= 15 is 0 Å². The van der Waals surface area contributed by atoms with Crippen LogP contribution in [0.5, 0.6) is 5.75 Å². The van der Waals surface area contributed by atoms with Gasteiger partial charge in [-0.25, -0.2) is 0 Å². The monoisotopic (exact) mass is 379 g/mol. The quantitative estimate of drug-likeness (QED) is 0.869. The summed E-state index contributed by atoms with van der Waals surface area (Å²) in [7, 11) is -2.31. The van der Waals surface area contributed by atoms with Gasteiger partial charge in [-0.05, 0) is 60.8 Å². The molecule has 1 aromatic carbocycles. The molecule has 3 aliphatic rings. The number of benzene rings is 1. The fraction of sp³-hybridized carbons (Fsp3) is 0.632. The zero-order valence-electron chi connectivity index (χ0n) is 15.1. The highest BCUT2D eigenvalue weighted by atomic mass is 32.2. The lowest BCUT2D eigenvalue weighted by atomic mass is 9.54. The average molecular weight is 379 g/mol. The van der Waals surface area contributed by atoms with Gasteiger partial charge in [-0.3, -0.25) is 4.79 Å². The number of carbonyl (C=O) groups excluding carboxylic acids is 1. The van der Waals surface area contributed by atoms with Crippen molar-refractivity contribution in [3.63, 3.8) is 0 Å². The number of aryl methyl sites for hydroxylation is 1. The number of ketones is 1. The Morgan fingerprint density at radius 3 is 2.69 bits per heavy atom. The number of carbonyl (C=O) groups is 1. The van der Waals surface area contributed by atoms with Crippen LogP contribution in [0.15, 0.2) is 18.2 Å². The van der Waals surface area contributed by atoms with Gasteiger partial charge < -0.3 is 8.92 Å². The highest BCUT2D eigenvalue weighted by Gasteiger charge is 2.58. The Morgan fingerprint density at radius 2 is 2.00 bits per heavy atom. The van der Waals surface area contributed by atoms with E-state index in [4.69, 9.17) is 14.1 Å². The standard InChI is InChI=1S/C19H25NO5S/c1-19-10-16(24-2)18-13-6-4-12(25-26(20,22)23)9-11(13)3-5-14(18)15(19)7-8-17(19)21/h4,6,9,14-16,18H,3,5,7-8,10H2,1-2H3,(H2,20,22,23)/t14?,15?,16-,18?,19-/m0/s1. The molecule has 3 aliphatic carbocycles. The Bertz CT molecular complexity index is 851. The van der Waals surface area contributed by atoms with E-state index in [1.807, 2.05) is 6.07 Å². The van der Waals surface area contributed by atoms with Crippen LogP contribution < -0.4 is 9.32 Å². The number of Topliss-reactive ketones (excluding diaryl/α,β-unsaturated/α-hetero) is 1. The fourth-order valence-electron chi connectivity index (χ4n) is 5.79. The maximum Gasteiger partial charge on any atom is 0.380 e. The van der Waals surface area contributed by atoms with E-state index in [0.717, 1.165) is 31.2 Å². The summed E-state index contributed by atoms with van der Waals surface area (Å²) in [4.78, 5) is 12.5. The molecule has 2 N–H and O–H groups in total. The van der Waals surface area contributed by atoms with Crippen molar-refractivity contribution in [3.8, 4) is 5.75 Å². The van der Waals surface area contributed by atoms with Crippen LogP contribution in [0.2, 0.25) is 0 Å². The number of rotatable bonds is 3. The van der Waals surface area contributed by atoms with Crippen molar-refractivity contribution in [1.29, 1.82) is 0 Å². The third-order valence-electron chi connectivity index (χ3n) is 6.88. The van der Waals surface area contributed by atoms with E-state index in [9.17, 15) is 13.2 Å². The molecule has 142 valence electrons. The Hall–Kier alpha value is -1.44. The van der Waals surface area contributed by atoms with Gasteiger partial charge in [0.15, 0.2) is 0 Å². The first kappa shape index (κ1) is 17.9. The maximum atomic E-state index is 12.5. The summed E-state index contributed by atoms with van der Waals surface area (Å²) in [6, 6.07) is 5.38. The maximum absolute atomic E-state index is 12.5. The summed E-state index contributed by atoms with van der Waals surface area (Å²) in [6.45, 7) is 2.12. The van der Waals surface area contributed by atoms with Crippen molar-refractivity contribution in [2.45, 2.75) is 51.0 Å². The third-order valence-corrected chi connectivity index (χ3v) is 7.30. The van der Waals surface area contributed by atoms with Gasteiger partial charge in [-0.2, -0.15) is 13.6 Å². The predicted molar refractivity (Wildman–Crippen MR) is 96.0 cm³/mol. The molecule has 7 heteroatoms. The van der Waals surface area contributed by atoms with Crippen LogP contribution in [0.4, 0.5) is 0 Å². The summed E-state index contributed by atoms with van der Waals surface area (Å²) in [5.41, 5.74) is 2.01. The lowest BCUT2D eigenvalue weighted by molar-refractivity contribution is -0.135. The summed E-state index contributed by atoms with van der Waals surface area (Å²) in [5.74, 6) is 1.68. The van der Waals surface area contributed by atoms with E-state index in [1.54, 1.807) is 19.2 Å². The molecular formula is C19H25NO5S. The Morgan fingerprint density at radius 1 is 1.23 bits per heavy atom. The molecule has 3 unspecified atom stereocenters. The first-order chi connectivity index (χ1) is 12.2. The Kier molecular flexibility index (Phi) is 4.17. The van der Waals surface area contributed by atoms with E-state index in [2.05, 4.69) is 6.92 Å². The van der Waals surface area contributed by atoms with Crippen LogP contribution in [0, 0.1) is 17.3 Å². The molecular weight excluding hydrogens is 354 g/mol.